The van der Waals surface area contributed by atoms with E-state index in [9.17, 15) is 9.59 Å². The fourth-order valence-corrected chi connectivity index (χ4v) is 3.37. The zero-order valence-corrected chi connectivity index (χ0v) is 19.0. The first-order valence-corrected chi connectivity index (χ1v) is 10.3. The normalized spacial score (nSPS) is 11.6. The van der Waals surface area contributed by atoms with Crippen LogP contribution in [-0.4, -0.2) is 16.9 Å². The first-order valence-electron chi connectivity index (χ1n) is 8.82. The Morgan fingerprint density at radius 2 is 1.71 bits per heavy atom. The average Bonchev–Trinajstić information content (AvgIpc) is 2.76. The largest absolute Gasteiger partial charge is 0.443 e. The third kappa shape index (κ3) is 5.22. The number of hydrogen-bond donors (Lipinski definition) is 2. The van der Waals surface area contributed by atoms with Crippen molar-refractivity contribution in [2.45, 2.75) is 13.0 Å². The number of nitrogen functional groups attached to an aromatic ring is 1. The van der Waals surface area contributed by atoms with Crippen molar-refractivity contribution in [2.75, 3.05) is 11.1 Å². The highest BCUT2D eigenvalue weighted by Gasteiger charge is 2.29. The second kappa shape index (κ2) is 9.75. The van der Waals surface area contributed by atoms with E-state index in [2.05, 4.69) is 10.3 Å². The zero-order chi connectivity index (χ0) is 22.7. The highest BCUT2D eigenvalue weighted by molar-refractivity contribution is 6.46. The summed E-state index contributed by atoms with van der Waals surface area (Å²) in [5.41, 5.74) is 7.00. The number of carbonyl (C=O) groups is 2. The highest BCUT2D eigenvalue weighted by Crippen LogP contribution is 2.35. The third-order valence-corrected chi connectivity index (χ3v) is 5.81. The van der Waals surface area contributed by atoms with Gasteiger partial charge in [-0.1, -0.05) is 82.8 Å². The van der Waals surface area contributed by atoms with Gasteiger partial charge >= 0.3 is 5.97 Å². The van der Waals surface area contributed by atoms with Crippen LogP contribution in [0.2, 0.25) is 20.2 Å². The molecule has 3 aromatic rings. The Labute approximate surface area is 198 Å². The van der Waals surface area contributed by atoms with Gasteiger partial charge in [0.15, 0.2) is 10.8 Å². The smallest absolute Gasteiger partial charge is 0.359 e. The van der Waals surface area contributed by atoms with Crippen LogP contribution in [0.5, 0.6) is 0 Å². The first-order chi connectivity index (χ1) is 14.7. The number of esters is 1. The van der Waals surface area contributed by atoms with Crippen LogP contribution >= 0.6 is 46.4 Å². The van der Waals surface area contributed by atoms with Crippen molar-refractivity contribution in [1.29, 1.82) is 0 Å². The Morgan fingerprint density at radius 3 is 2.35 bits per heavy atom. The van der Waals surface area contributed by atoms with Crippen LogP contribution in [0.15, 0.2) is 48.5 Å². The van der Waals surface area contributed by atoms with Gasteiger partial charge in [-0.05, 0) is 24.6 Å². The summed E-state index contributed by atoms with van der Waals surface area (Å²) < 4.78 is 5.45. The molecule has 6 nitrogen and oxygen atoms in total. The van der Waals surface area contributed by atoms with E-state index >= 15 is 0 Å². The number of nitrogens with one attached hydrogen (secondary N) is 1. The van der Waals surface area contributed by atoms with E-state index < -0.39 is 18.0 Å². The molecule has 3 N–H and O–H groups in total. The molecular formula is C21H15Cl4N3O3. The van der Waals surface area contributed by atoms with Gasteiger partial charge < -0.3 is 15.8 Å². The molecule has 31 heavy (non-hydrogen) atoms. The quantitative estimate of drug-likeness (QED) is 0.326. The van der Waals surface area contributed by atoms with Gasteiger partial charge in [-0.15, -0.1) is 0 Å². The van der Waals surface area contributed by atoms with Gasteiger partial charge in [-0.2, -0.15) is 0 Å². The van der Waals surface area contributed by atoms with Crippen molar-refractivity contribution in [3.05, 3.63) is 85.6 Å². The molecule has 3 rings (SSSR count). The molecule has 1 unspecified atom stereocenters. The molecular weight excluding hydrogens is 484 g/mol. The number of hydrogen-bond acceptors (Lipinski definition) is 5. The molecule has 1 heterocycles. The molecule has 0 bridgehead atoms. The molecule has 0 aliphatic heterocycles. The van der Waals surface area contributed by atoms with Crippen molar-refractivity contribution in [3.8, 4) is 0 Å². The minimum Gasteiger partial charge on any atom is -0.443 e. The van der Waals surface area contributed by atoms with E-state index in [-0.39, 0.29) is 26.6 Å². The van der Waals surface area contributed by atoms with Gasteiger partial charge in [-0.3, -0.25) is 4.79 Å². The van der Waals surface area contributed by atoms with Crippen LogP contribution < -0.4 is 11.1 Å². The Kier molecular flexibility index (Phi) is 7.28. The molecule has 2 aromatic carbocycles. The second-order valence-electron chi connectivity index (χ2n) is 6.44. The molecule has 1 aromatic heterocycles. The Balaban J connectivity index is 1.92. The summed E-state index contributed by atoms with van der Waals surface area (Å²) in [6, 6.07) is 13.5. The standard InChI is InChI=1S/C21H15Cl4N3O3/c1-10-7-8-12(9-13(10)22)27-20(29)18(11-5-3-2-4-6-11)31-21(30)17-14(23)16(26)15(24)19(25)28-17/h2-9,18H,1H3,(H2,26,28)(H,27,29). The van der Waals surface area contributed by atoms with Crippen LogP contribution in [0, 0.1) is 6.92 Å². The SMILES string of the molecule is Cc1ccc(NC(=O)C(OC(=O)c2nc(Cl)c(Cl)c(N)c2Cl)c2ccccc2)cc1Cl. The molecule has 0 spiro atoms. The molecule has 0 aliphatic rings. The minimum atomic E-state index is -1.32. The van der Waals surface area contributed by atoms with Crippen molar-refractivity contribution in [3.63, 3.8) is 0 Å². The topological polar surface area (TPSA) is 94.3 Å². The van der Waals surface area contributed by atoms with E-state index in [1.54, 1.807) is 48.5 Å². The molecule has 1 amide bonds. The molecule has 160 valence electrons. The zero-order valence-electron chi connectivity index (χ0n) is 16.0. The number of pyridine rings is 1. The number of ether oxygens (including phenoxy) is 1. The summed E-state index contributed by atoms with van der Waals surface area (Å²) in [4.78, 5) is 29.6. The number of anilines is 2. The lowest BCUT2D eigenvalue weighted by Gasteiger charge is -2.19. The molecule has 0 saturated heterocycles. The van der Waals surface area contributed by atoms with Crippen LogP contribution in [0.4, 0.5) is 11.4 Å². The van der Waals surface area contributed by atoms with Crippen LogP contribution in [-0.2, 0) is 9.53 Å². The number of nitrogens with two attached hydrogens (primary N) is 1. The van der Waals surface area contributed by atoms with Crippen LogP contribution in [0.25, 0.3) is 0 Å². The Morgan fingerprint density at radius 1 is 1.03 bits per heavy atom. The predicted molar refractivity (Wildman–Crippen MR) is 123 cm³/mol. The third-order valence-electron chi connectivity index (χ3n) is 4.27. The predicted octanol–water partition coefficient (Wildman–Crippen LogP) is 6.12. The molecule has 0 radical (unpaired) electrons. The summed E-state index contributed by atoms with van der Waals surface area (Å²) in [5.74, 6) is -1.61. The van der Waals surface area contributed by atoms with Gasteiger partial charge in [0.2, 0.25) is 6.10 Å². The minimum absolute atomic E-state index is 0.0863. The number of rotatable bonds is 5. The maximum Gasteiger partial charge on any atom is 0.359 e. The number of carbonyl (C=O) groups excluding carboxylic acids is 2. The van der Waals surface area contributed by atoms with Crippen LogP contribution in [0.3, 0.4) is 0 Å². The lowest BCUT2D eigenvalue weighted by molar-refractivity contribution is -0.125. The Bertz CT molecular complexity index is 1160. The van der Waals surface area contributed by atoms with Crippen molar-refractivity contribution in [1.82, 2.24) is 4.98 Å². The fraction of sp³-hybridized carbons (Fsp3) is 0.0952. The van der Waals surface area contributed by atoms with Crippen molar-refractivity contribution in [2.24, 2.45) is 0 Å². The van der Waals surface area contributed by atoms with E-state index in [0.717, 1.165) is 5.56 Å². The first kappa shape index (κ1) is 23.2. The van der Waals surface area contributed by atoms with E-state index in [1.807, 2.05) is 6.92 Å². The summed E-state index contributed by atoms with van der Waals surface area (Å²) in [5, 5.41) is 2.64. The summed E-state index contributed by atoms with van der Waals surface area (Å²) in [6.07, 6.45) is -1.32. The van der Waals surface area contributed by atoms with Gasteiger partial charge in [0, 0.05) is 16.3 Å². The summed E-state index contributed by atoms with van der Waals surface area (Å²) in [7, 11) is 0. The lowest BCUT2D eigenvalue weighted by Crippen LogP contribution is -2.26. The van der Waals surface area contributed by atoms with Crippen LogP contribution in [0.1, 0.15) is 27.7 Å². The second-order valence-corrected chi connectivity index (χ2v) is 7.96. The molecule has 1 atom stereocenters. The molecule has 10 heteroatoms. The lowest BCUT2D eigenvalue weighted by atomic mass is 10.1. The number of benzene rings is 2. The number of amides is 1. The maximum atomic E-state index is 13.0. The van der Waals surface area contributed by atoms with Gasteiger partial charge in [-0.25, -0.2) is 9.78 Å². The highest BCUT2D eigenvalue weighted by atomic mass is 35.5. The van der Waals surface area contributed by atoms with Crippen molar-refractivity contribution >= 4 is 69.7 Å². The van der Waals surface area contributed by atoms with E-state index in [4.69, 9.17) is 56.9 Å². The molecule has 0 fully saturated rings. The average molecular weight is 499 g/mol. The summed E-state index contributed by atoms with van der Waals surface area (Å²) in [6.45, 7) is 1.84. The summed E-state index contributed by atoms with van der Waals surface area (Å²) >= 11 is 24.0. The van der Waals surface area contributed by atoms with Gasteiger partial charge in [0.25, 0.3) is 5.91 Å². The monoisotopic (exact) mass is 497 g/mol. The number of aryl methyl sites for hydroxylation is 1. The maximum absolute atomic E-state index is 13.0. The fourth-order valence-electron chi connectivity index (χ4n) is 2.61. The molecule has 0 saturated carbocycles. The number of halogens is 4. The number of nitrogens with zero attached hydrogens (tertiary/aromatic N) is 1. The van der Waals surface area contributed by atoms with Gasteiger partial charge in [0.1, 0.15) is 5.02 Å². The van der Waals surface area contributed by atoms with Crippen molar-refractivity contribution < 1.29 is 14.3 Å². The van der Waals surface area contributed by atoms with Gasteiger partial charge in [0.05, 0.1) is 10.7 Å². The number of aromatic nitrogens is 1. The van der Waals surface area contributed by atoms with E-state index in [0.29, 0.717) is 16.3 Å². The Hall–Kier alpha value is -2.51. The van der Waals surface area contributed by atoms with E-state index in [1.165, 1.54) is 0 Å². The molecule has 0 aliphatic carbocycles.